The van der Waals surface area contributed by atoms with Crippen LogP contribution < -0.4 is 20.3 Å². The molecule has 3 aromatic rings. The zero-order valence-corrected chi connectivity index (χ0v) is 16.7. The predicted octanol–water partition coefficient (Wildman–Crippen LogP) is 2.47. The van der Waals surface area contributed by atoms with Gasteiger partial charge < -0.3 is 20.3 Å². The highest BCUT2D eigenvalue weighted by molar-refractivity contribution is 6.13. The second kappa shape index (κ2) is 8.00. The number of hydrogen-bond donors (Lipinski definition) is 2. The molecule has 1 aliphatic heterocycles. The maximum atomic E-state index is 13.0. The summed E-state index contributed by atoms with van der Waals surface area (Å²) in [5.41, 5.74) is 2.73. The van der Waals surface area contributed by atoms with Crippen molar-refractivity contribution in [3.05, 3.63) is 48.4 Å². The zero-order chi connectivity index (χ0) is 20.4. The van der Waals surface area contributed by atoms with Gasteiger partial charge in [-0.15, -0.1) is 0 Å². The van der Waals surface area contributed by atoms with Gasteiger partial charge in [-0.1, -0.05) is 0 Å². The number of carbonyl (C=O) groups is 1. The second-order valence-electron chi connectivity index (χ2n) is 7.31. The van der Waals surface area contributed by atoms with Crippen LogP contribution in [0.5, 0.6) is 6.01 Å². The number of rotatable bonds is 4. The first-order valence-corrected chi connectivity index (χ1v) is 9.61. The quantitative estimate of drug-likeness (QED) is 0.705. The molecule has 8 heteroatoms. The lowest BCUT2D eigenvalue weighted by molar-refractivity contribution is 0.102. The number of nitrogens with zero attached hydrogens (tertiary/aromatic N) is 4. The van der Waals surface area contributed by atoms with Crippen LogP contribution in [-0.2, 0) is 0 Å². The summed E-state index contributed by atoms with van der Waals surface area (Å²) in [5, 5.41) is 7.27. The molecule has 29 heavy (non-hydrogen) atoms. The van der Waals surface area contributed by atoms with Gasteiger partial charge in [0.25, 0.3) is 5.91 Å². The van der Waals surface area contributed by atoms with Crippen LogP contribution in [-0.4, -0.2) is 53.1 Å². The molecule has 2 aromatic heterocycles. The third-order valence-electron chi connectivity index (χ3n) is 4.97. The summed E-state index contributed by atoms with van der Waals surface area (Å²) in [5.74, 6) is -0.240. The molecule has 0 saturated carbocycles. The molecule has 4 rings (SSSR count). The van der Waals surface area contributed by atoms with Crippen LogP contribution in [0.1, 0.15) is 24.2 Å². The first-order chi connectivity index (χ1) is 14.0. The lowest BCUT2D eigenvalue weighted by Gasteiger charge is -2.38. The Morgan fingerprint density at radius 1 is 1.17 bits per heavy atom. The standard InChI is InChI=1S/C21H24N6O2/c1-13-11-27(12-14(2)24-13)18-5-4-16(19-17(18)10-23-21(26-19)29-3)20(28)25-15-6-8-22-9-7-15/h4-10,13-14,24H,11-12H2,1-3H3,(H,22,25,28)/t13-,14-/m0/s1. The van der Waals surface area contributed by atoms with Gasteiger partial charge in [0.1, 0.15) is 0 Å². The smallest absolute Gasteiger partial charge is 0.316 e. The van der Waals surface area contributed by atoms with Crippen molar-refractivity contribution in [3.63, 3.8) is 0 Å². The topological polar surface area (TPSA) is 92.3 Å². The zero-order valence-electron chi connectivity index (χ0n) is 16.7. The minimum Gasteiger partial charge on any atom is -0.467 e. The molecular formula is C21H24N6O2. The summed E-state index contributed by atoms with van der Waals surface area (Å²) in [6.45, 7) is 6.07. The van der Waals surface area contributed by atoms with Crippen molar-refractivity contribution in [2.45, 2.75) is 25.9 Å². The molecule has 1 saturated heterocycles. The van der Waals surface area contributed by atoms with Gasteiger partial charge in [-0.2, -0.15) is 4.98 Å². The molecule has 8 nitrogen and oxygen atoms in total. The van der Waals surface area contributed by atoms with E-state index in [2.05, 4.69) is 44.3 Å². The minimum absolute atomic E-state index is 0.231. The first kappa shape index (κ1) is 19.1. The number of carbonyl (C=O) groups excluding carboxylic acids is 1. The molecule has 2 N–H and O–H groups in total. The maximum Gasteiger partial charge on any atom is 0.316 e. The fourth-order valence-corrected chi connectivity index (χ4v) is 3.80. The highest BCUT2D eigenvalue weighted by Crippen LogP contribution is 2.30. The first-order valence-electron chi connectivity index (χ1n) is 9.61. The highest BCUT2D eigenvalue weighted by Gasteiger charge is 2.24. The number of hydrogen-bond acceptors (Lipinski definition) is 7. The van der Waals surface area contributed by atoms with E-state index >= 15 is 0 Å². The number of benzene rings is 1. The average Bonchev–Trinajstić information content (AvgIpc) is 2.72. The second-order valence-corrected chi connectivity index (χ2v) is 7.31. The molecule has 0 radical (unpaired) electrons. The fraction of sp³-hybridized carbons (Fsp3) is 0.333. The number of fused-ring (bicyclic) bond motifs is 1. The van der Waals surface area contributed by atoms with E-state index in [-0.39, 0.29) is 11.9 Å². The van der Waals surface area contributed by atoms with E-state index in [4.69, 9.17) is 4.74 Å². The van der Waals surface area contributed by atoms with Crippen LogP contribution in [0, 0.1) is 0 Å². The van der Waals surface area contributed by atoms with Crippen molar-refractivity contribution in [3.8, 4) is 6.01 Å². The van der Waals surface area contributed by atoms with Crippen LogP contribution in [0.2, 0.25) is 0 Å². The van der Waals surface area contributed by atoms with Crippen LogP contribution in [0.25, 0.3) is 10.9 Å². The third kappa shape index (κ3) is 3.97. The summed E-state index contributed by atoms with van der Waals surface area (Å²) in [6.07, 6.45) is 5.00. The van der Waals surface area contributed by atoms with Crippen molar-refractivity contribution >= 4 is 28.2 Å². The van der Waals surface area contributed by atoms with Crippen molar-refractivity contribution < 1.29 is 9.53 Å². The van der Waals surface area contributed by atoms with Gasteiger partial charge in [-0.3, -0.25) is 9.78 Å². The maximum absolute atomic E-state index is 13.0. The van der Waals surface area contributed by atoms with Crippen molar-refractivity contribution in [2.24, 2.45) is 0 Å². The summed E-state index contributed by atoms with van der Waals surface area (Å²) >= 11 is 0. The third-order valence-corrected chi connectivity index (χ3v) is 4.97. The molecular weight excluding hydrogens is 368 g/mol. The normalized spacial score (nSPS) is 19.2. The molecule has 1 aromatic carbocycles. The lowest BCUT2D eigenvalue weighted by atomic mass is 10.0. The van der Waals surface area contributed by atoms with Gasteiger partial charge >= 0.3 is 6.01 Å². The van der Waals surface area contributed by atoms with Crippen LogP contribution in [0.3, 0.4) is 0 Å². The lowest BCUT2D eigenvalue weighted by Crippen LogP contribution is -2.54. The monoisotopic (exact) mass is 392 g/mol. The van der Waals surface area contributed by atoms with Crippen LogP contribution >= 0.6 is 0 Å². The summed E-state index contributed by atoms with van der Waals surface area (Å²) in [6, 6.07) is 8.24. The molecule has 0 bridgehead atoms. The molecule has 2 atom stereocenters. The number of anilines is 2. The van der Waals surface area contributed by atoms with Gasteiger partial charge in [0.05, 0.1) is 18.2 Å². The van der Waals surface area contributed by atoms with Gasteiger partial charge in [0, 0.05) is 60.5 Å². The Hall–Kier alpha value is -3.26. The van der Waals surface area contributed by atoms with Crippen LogP contribution in [0.4, 0.5) is 11.4 Å². The van der Waals surface area contributed by atoms with E-state index in [1.807, 2.05) is 12.1 Å². The number of piperazine rings is 1. The van der Waals surface area contributed by atoms with E-state index in [1.165, 1.54) is 7.11 Å². The largest absolute Gasteiger partial charge is 0.467 e. The molecule has 0 spiro atoms. The number of pyridine rings is 1. The number of amides is 1. The van der Waals surface area contributed by atoms with E-state index in [9.17, 15) is 4.79 Å². The van der Waals surface area contributed by atoms with Gasteiger partial charge in [0.15, 0.2) is 0 Å². The van der Waals surface area contributed by atoms with Crippen molar-refractivity contribution in [1.29, 1.82) is 0 Å². The van der Waals surface area contributed by atoms with Crippen LogP contribution in [0.15, 0.2) is 42.9 Å². The van der Waals surface area contributed by atoms with E-state index in [0.717, 1.165) is 24.2 Å². The van der Waals surface area contributed by atoms with E-state index < -0.39 is 0 Å². The van der Waals surface area contributed by atoms with Gasteiger partial charge in [-0.05, 0) is 38.1 Å². The number of nitrogens with one attached hydrogen (secondary N) is 2. The Balaban J connectivity index is 1.77. The van der Waals surface area contributed by atoms with Gasteiger partial charge in [0.2, 0.25) is 0 Å². The minimum atomic E-state index is -0.240. The molecule has 0 unspecified atom stereocenters. The van der Waals surface area contributed by atoms with Crippen molar-refractivity contribution in [2.75, 3.05) is 30.4 Å². The molecule has 1 fully saturated rings. The SMILES string of the molecule is COc1ncc2c(N3C[C@H](C)N[C@@H](C)C3)ccc(C(=O)Nc3ccncc3)c2n1. The van der Waals surface area contributed by atoms with E-state index in [1.54, 1.807) is 30.7 Å². The summed E-state index contributed by atoms with van der Waals surface area (Å²) in [7, 11) is 1.52. The summed E-state index contributed by atoms with van der Waals surface area (Å²) in [4.78, 5) is 28.0. The Morgan fingerprint density at radius 3 is 2.59 bits per heavy atom. The average molecular weight is 392 g/mol. The molecule has 1 aliphatic rings. The predicted molar refractivity (Wildman–Crippen MR) is 113 cm³/mol. The number of ether oxygens (including phenoxy) is 1. The van der Waals surface area contributed by atoms with Crippen molar-refractivity contribution in [1.82, 2.24) is 20.3 Å². The highest BCUT2D eigenvalue weighted by atomic mass is 16.5. The number of methoxy groups -OCH3 is 1. The Bertz CT molecular complexity index is 1020. The molecule has 150 valence electrons. The fourth-order valence-electron chi connectivity index (χ4n) is 3.80. The molecule has 3 heterocycles. The Kier molecular flexibility index (Phi) is 5.26. The molecule has 1 amide bonds. The Labute approximate surface area is 169 Å². The van der Waals surface area contributed by atoms with E-state index in [0.29, 0.717) is 28.9 Å². The Morgan fingerprint density at radius 2 is 1.90 bits per heavy atom. The molecule has 0 aliphatic carbocycles. The number of aromatic nitrogens is 3. The van der Waals surface area contributed by atoms with Gasteiger partial charge in [-0.25, -0.2) is 4.98 Å². The summed E-state index contributed by atoms with van der Waals surface area (Å²) < 4.78 is 5.21.